The molecule has 2 rings (SSSR count). The number of aryl methyl sites for hydroxylation is 1. The Bertz CT molecular complexity index is 352. The van der Waals surface area contributed by atoms with Crippen molar-refractivity contribution in [1.82, 2.24) is 10.9 Å². The van der Waals surface area contributed by atoms with Gasteiger partial charge in [-0.2, -0.15) is 0 Å². The number of rotatable bonds is 3. The minimum absolute atomic E-state index is 1.00. The Kier molecular flexibility index (Phi) is 3.44. The molecule has 0 saturated heterocycles. The van der Waals surface area contributed by atoms with Gasteiger partial charge in [0.2, 0.25) is 0 Å². The van der Waals surface area contributed by atoms with E-state index in [9.17, 15) is 0 Å². The fourth-order valence-corrected chi connectivity index (χ4v) is 1.61. The first-order valence-corrected chi connectivity index (χ1v) is 5.34. The molecule has 2 heteroatoms. The maximum absolute atomic E-state index is 3.18. The zero-order valence-corrected chi connectivity index (χ0v) is 8.74. The minimum atomic E-state index is 1.00. The molecule has 0 unspecified atom stereocenters. The normalized spacial score (nSPS) is 14.8. The number of benzene rings is 1. The molecular formula is C13H16N2. The quantitative estimate of drug-likeness (QED) is 0.783. The van der Waals surface area contributed by atoms with Crippen molar-refractivity contribution in [3.05, 3.63) is 59.9 Å². The summed E-state index contributed by atoms with van der Waals surface area (Å²) in [4.78, 5) is 0. The molecule has 0 fully saturated rings. The first-order chi connectivity index (χ1) is 7.45. The summed E-state index contributed by atoms with van der Waals surface area (Å²) in [6.07, 6.45) is 9.40. The SMILES string of the molecule is C1=CNNC(CCc2ccccc2)=CC1. The lowest BCUT2D eigenvalue weighted by Gasteiger charge is -2.08. The smallest absolute Gasteiger partial charge is 0.0280 e. The van der Waals surface area contributed by atoms with Crippen molar-refractivity contribution in [3.8, 4) is 0 Å². The molecule has 1 aromatic carbocycles. The van der Waals surface area contributed by atoms with Crippen LogP contribution < -0.4 is 10.9 Å². The van der Waals surface area contributed by atoms with Gasteiger partial charge >= 0.3 is 0 Å². The van der Waals surface area contributed by atoms with Crippen LogP contribution in [0.1, 0.15) is 18.4 Å². The van der Waals surface area contributed by atoms with E-state index < -0.39 is 0 Å². The van der Waals surface area contributed by atoms with Gasteiger partial charge in [0.25, 0.3) is 0 Å². The van der Waals surface area contributed by atoms with E-state index in [1.165, 1.54) is 11.3 Å². The summed E-state index contributed by atoms with van der Waals surface area (Å²) in [6, 6.07) is 10.6. The maximum Gasteiger partial charge on any atom is 0.0280 e. The Morgan fingerprint density at radius 2 is 1.93 bits per heavy atom. The monoisotopic (exact) mass is 200 g/mol. The molecule has 15 heavy (non-hydrogen) atoms. The first-order valence-electron chi connectivity index (χ1n) is 5.34. The summed E-state index contributed by atoms with van der Waals surface area (Å²) in [7, 11) is 0. The van der Waals surface area contributed by atoms with Crippen molar-refractivity contribution in [2.45, 2.75) is 19.3 Å². The number of nitrogens with one attached hydrogen (secondary N) is 2. The summed E-state index contributed by atoms with van der Waals surface area (Å²) >= 11 is 0. The molecule has 1 aromatic rings. The van der Waals surface area contributed by atoms with Crippen LogP contribution in [0.15, 0.2) is 54.4 Å². The highest BCUT2D eigenvalue weighted by atomic mass is 15.3. The van der Waals surface area contributed by atoms with Gasteiger partial charge in [-0.1, -0.05) is 42.5 Å². The summed E-state index contributed by atoms with van der Waals surface area (Å²) in [5.41, 5.74) is 8.86. The number of hydrogen-bond acceptors (Lipinski definition) is 2. The van der Waals surface area contributed by atoms with E-state index in [-0.39, 0.29) is 0 Å². The van der Waals surface area contributed by atoms with Gasteiger partial charge in [-0.25, -0.2) is 0 Å². The van der Waals surface area contributed by atoms with Crippen LogP contribution in [-0.4, -0.2) is 0 Å². The molecule has 0 atom stereocenters. The van der Waals surface area contributed by atoms with Crippen LogP contribution in [0.5, 0.6) is 0 Å². The van der Waals surface area contributed by atoms with Gasteiger partial charge in [0.15, 0.2) is 0 Å². The second-order valence-electron chi connectivity index (χ2n) is 3.62. The van der Waals surface area contributed by atoms with Crippen LogP contribution in [-0.2, 0) is 6.42 Å². The highest BCUT2D eigenvalue weighted by molar-refractivity contribution is 5.17. The molecular weight excluding hydrogens is 184 g/mol. The Morgan fingerprint density at radius 3 is 2.80 bits per heavy atom. The molecule has 0 bridgehead atoms. The Hall–Kier alpha value is -1.70. The van der Waals surface area contributed by atoms with E-state index in [0.717, 1.165) is 19.3 Å². The van der Waals surface area contributed by atoms with Crippen LogP contribution in [0.3, 0.4) is 0 Å². The third-order valence-electron chi connectivity index (χ3n) is 2.46. The fraction of sp³-hybridized carbons (Fsp3) is 0.231. The lowest BCUT2D eigenvalue weighted by Crippen LogP contribution is -2.25. The molecule has 1 aliphatic heterocycles. The van der Waals surface area contributed by atoms with Crippen molar-refractivity contribution < 1.29 is 0 Å². The zero-order valence-electron chi connectivity index (χ0n) is 8.74. The second-order valence-corrected chi connectivity index (χ2v) is 3.62. The lowest BCUT2D eigenvalue weighted by molar-refractivity contribution is 0.688. The minimum Gasteiger partial charge on any atom is -0.309 e. The van der Waals surface area contributed by atoms with Crippen molar-refractivity contribution in [2.75, 3.05) is 0 Å². The average molecular weight is 200 g/mol. The van der Waals surface area contributed by atoms with Crippen molar-refractivity contribution in [3.63, 3.8) is 0 Å². The lowest BCUT2D eigenvalue weighted by atomic mass is 10.1. The van der Waals surface area contributed by atoms with E-state index in [1.54, 1.807) is 0 Å². The number of hydrazine groups is 1. The largest absolute Gasteiger partial charge is 0.309 e. The molecule has 0 spiro atoms. The second kappa shape index (κ2) is 5.25. The summed E-state index contributed by atoms with van der Waals surface area (Å²) in [6.45, 7) is 0. The van der Waals surface area contributed by atoms with Crippen LogP contribution in [0.4, 0.5) is 0 Å². The summed E-state index contributed by atoms with van der Waals surface area (Å²) in [5.74, 6) is 0. The standard InChI is InChI=1S/C13H16N2/c1-2-6-12(7-3-1)9-10-13-8-4-5-11-14-15-13/h1-3,5-8,11,14-15H,4,9-10H2. The van der Waals surface area contributed by atoms with Gasteiger partial charge in [-0.15, -0.1) is 0 Å². The summed E-state index contributed by atoms with van der Waals surface area (Å²) < 4.78 is 0. The van der Waals surface area contributed by atoms with Crippen LogP contribution in [0.2, 0.25) is 0 Å². The van der Waals surface area contributed by atoms with Crippen LogP contribution in [0, 0.1) is 0 Å². The Morgan fingerprint density at radius 1 is 1.07 bits per heavy atom. The third kappa shape index (κ3) is 3.17. The molecule has 0 radical (unpaired) electrons. The van der Waals surface area contributed by atoms with Gasteiger partial charge in [-0.05, 0) is 24.8 Å². The predicted molar refractivity (Wildman–Crippen MR) is 62.9 cm³/mol. The fourth-order valence-electron chi connectivity index (χ4n) is 1.61. The number of allylic oxidation sites excluding steroid dienone is 3. The molecule has 0 aliphatic carbocycles. The van der Waals surface area contributed by atoms with E-state index >= 15 is 0 Å². The average Bonchev–Trinajstić information content (AvgIpc) is 2.56. The van der Waals surface area contributed by atoms with Gasteiger partial charge in [0.1, 0.15) is 0 Å². The van der Waals surface area contributed by atoms with Gasteiger partial charge in [0.05, 0.1) is 0 Å². The van der Waals surface area contributed by atoms with Gasteiger partial charge in [0, 0.05) is 11.9 Å². The van der Waals surface area contributed by atoms with E-state index in [4.69, 9.17) is 0 Å². The van der Waals surface area contributed by atoms with Gasteiger partial charge in [-0.3, -0.25) is 0 Å². The topological polar surface area (TPSA) is 24.1 Å². The van der Waals surface area contributed by atoms with Crippen LogP contribution in [0.25, 0.3) is 0 Å². The molecule has 0 amide bonds. The first kappa shape index (κ1) is 9.84. The van der Waals surface area contributed by atoms with E-state index in [2.05, 4.69) is 53.3 Å². The maximum atomic E-state index is 3.18. The third-order valence-corrected chi connectivity index (χ3v) is 2.46. The molecule has 0 saturated carbocycles. The highest BCUT2D eigenvalue weighted by Gasteiger charge is 1.98. The van der Waals surface area contributed by atoms with Crippen molar-refractivity contribution in [1.29, 1.82) is 0 Å². The van der Waals surface area contributed by atoms with E-state index in [0.29, 0.717) is 0 Å². The van der Waals surface area contributed by atoms with Crippen LogP contribution >= 0.6 is 0 Å². The molecule has 1 aliphatic rings. The zero-order chi connectivity index (χ0) is 10.3. The Labute approximate surface area is 90.7 Å². The Balaban J connectivity index is 1.86. The summed E-state index contributed by atoms with van der Waals surface area (Å²) in [5, 5.41) is 0. The van der Waals surface area contributed by atoms with Crippen molar-refractivity contribution in [2.24, 2.45) is 0 Å². The molecule has 1 heterocycles. The molecule has 2 nitrogen and oxygen atoms in total. The molecule has 2 N–H and O–H groups in total. The van der Waals surface area contributed by atoms with Crippen molar-refractivity contribution >= 4 is 0 Å². The molecule has 0 aromatic heterocycles. The molecule has 78 valence electrons. The highest BCUT2D eigenvalue weighted by Crippen LogP contribution is 2.08. The predicted octanol–water partition coefficient (Wildman–Crippen LogP) is 2.51. The van der Waals surface area contributed by atoms with E-state index in [1.807, 2.05) is 6.20 Å². The number of hydrogen-bond donors (Lipinski definition) is 2. The van der Waals surface area contributed by atoms with Gasteiger partial charge < -0.3 is 10.9 Å².